The van der Waals surface area contributed by atoms with Crippen molar-refractivity contribution in [3.63, 3.8) is 0 Å². The molecular weight excluding hydrogens is 374 g/mol. The third-order valence-corrected chi connectivity index (χ3v) is 3.88. The Morgan fingerprint density at radius 3 is 2.33 bits per heavy atom. The number of primary amides is 1. The maximum atomic E-state index is 12.4. The van der Waals surface area contributed by atoms with Gasteiger partial charge in [0.05, 0.1) is 0 Å². The molecule has 2 atom stereocenters. The van der Waals surface area contributed by atoms with E-state index in [1.165, 1.54) is 6.92 Å². The van der Waals surface area contributed by atoms with E-state index in [0.29, 0.717) is 6.42 Å². The van der Waals surface area contributed by atoms with Gasteiger partial charge in [-0.15, -0.1) is 0 Å². The normalized spacial score (nSPS) is 13.2. The van der Waals surface area contributed by atoms with E-state index in [1.807, 2.05) is 38.1 Å². The van der Waals surface area contributed by atoms with Gasteiger partial charge in [-0.05, 0) is 30.0 Å². The minimum atomic E-state index is -0.838. The molecule has 0 aliphatic rings. The van der Waals surface area contributed by atoms with Gasteiger partial charge in [-0.2, -0.15) is 0 Å². The van der Waals surface area contributed by atoms with Crippen LogP contribution in [0.5, 0.6) is 0 Å². The van der Waals surface area contributed by atoms with E-state index in [-0.39, 0.29) is 18.2 Å². The van der Waals surface area contributed by atoms with Crippen molar-refractivity contribution in [1.29, 1.82) is 0 Å². The Hall–Kier alpha value is -1.89. The van der Waals surface area contributed by atoms with Gasteiger partial charge in [-0.1, -0.05) is 41.9 Å². The second-order valence-corrected chi connectivity index (χ2v) is 7.10. The summed E-state index contributed by atoms with van der Waals surface area (Å²) in [7, 11) is 0. The first-order chi connectivity index (χ1) is 11.2. The SMILES string of the molecule is CC(=O)N[C@@H](CC(C)C)C(=O)N[C@@H](Cc1cccc(Br)c1)C(N)=O. The van der Waals surface area contributed by atoms with Crippen LogP contribution >= 0.6 is 15.9 Å². The predicted octanol–water partition coefficient (Wildman–Crippen LogP) is 1.51. The molecule has 0 spiro atoms. The number of carbonyl (C=O) groups is 3. The number of rotatable bonds is 8. The van der Waals surface area contributed by atoms with Crippen molar-refractivity contribution in [3.05, 3.63) is 34.3 Å². The fraction of sp³-hybridized carbons (Fsp3) is 0.471. The molecule has 0 aromatic heterocycles. The summed E-state index contributed by atoms with van der Waals surface area (Å²) >= 11 is 3.37. The maximum Gasteiger partial charge on any atom is 0.243 e. The molecule has 0 aliphatic heterocycles. The van der Waals surface area contributed by atoms with E-state index in [0.717, 1.165) is 10.0 Å². The zero-order valence-corrected chi connectivity index (χ0v) is 15.7. The lowest BCUT2D eigenvalue weighted by Crippen LogP contribution is -2.53. The molecule has 132 valence electrons. The minimum Gasteiger partial charge on any atom is -0.368 e. The highest BCUT2D eigenvalue weighted by molar-refractivity contribution is 9.10. The van der Waals surface area contributed by atoms with E-state index in [9.17, 15) is 14.4 Å². The molecule has 24 heavy (non-hydrogen) atoms. The molecule has 1 rings (SSSR count). The highest BCUT2D eigenvalue weighted by Gasteiger charge is 2.25. The first kappa shape index (κ1) is 20.2. The third-order valence-electron chi connectivity index (χ3n) is 3.39. The average molecular weight is 398 g/mol. The molecule has 4 N–H and O–H groups in total. The second kappa shape index (κ2) is 9.42. The van der Waals surface area contributed by atoms with Crippen LogP contribution in [0, 0.1) is 5.92 Å². The number of nitrogens with one attached hydrogen (secondary N) is 2. The lowest BCUT2D eigenvalue weighted by Gasteiger charge is -2.22. The van der Waals surface area contributed by atoms with Crippen LogP contribution in [0.2, 0.25) is 0 Å². The van der Waals surface area contributed by atoms with Gasteiger partial charge in [0.25, 0.3) is 0 Å². The molecule has 0 heterocycles. The number of nitrogens with two attached hydrogens (primary N) is 1. The highest BCUT2D eigenvalue weighted by atomic mass is 79.9. The first-order valence-electron chi connectivity index (χ1n) is 7.80. The van der Waals surface area contributed by atoms with Crippen LogP contribution in [0.3, 0.4) is 0 Å². The van der Waals surface area contributed by atoms with Gasteiger partial charge < -0.3 is 16.4 Å². The zero-order chi connectivity index (χ0) is 18.3. The van der Waals surface area contributed by atoms with Crippen molar-refractivity contribution in [2.45, 2.75) is 45.7 Å². The molecule has 0 bridgehead atoms. The number of carbonyl (C=O) groups excluding carboxylic acids is 3. The maximum absolute atomic E-state index is 12.4. The Balaban J connectivity index is 2.83. The van der Waals surface area contributed by atoms with Crippen molar-refractivity contribution in [2.24, 2.45) is 11.7 Å². The topological polar surface area (TPSA) is 101 Å². The van der Waals surface area contributed by atoms with Crippen LogP contribution in [0.1, 0.15) is 32.8 Å². The van der Waals surface area contributed by atoms with Gasteiger partial charge in [-0.25, -0.2) is 0 Å². The van der Waals surface area contributed by atoms with Crippen LogP contribution in [-0.2, 0) is 20.8 Å². The van der Waals surface area contributed by atoms with Crippen LogP contribution < -0.4 is 16.4 Å². The molecule has 7 heteroatoms. The highest BCUT2D eigenvalue weighted by Crippen LogP contribution is 2.13. The Labute approximate surface area is 150 Å². The van der Waals surface area contributed by atoms with Crippen molar-refractivity contribution in [3.8, 4) is 0 Å². The monoisotopic (exact) mass is 397 g/mol. The molecule has 0 aliphatic carbocycles. The van der Waals surface area contributed by atoms with Gasteiger partial charge in [0.15, 0.2) is 0 Å². The summed E-state index contributed by atoms with van der Waals surface area (Å²) in [6.45, 7) is 5.26. The number of halogens is 1. The van der Waals surface area contributed by atoms with E-state index in [4.69, 9.17) is 5.73 Å². The van der Waals surface area contributed by atoms with Crippen molar-refractivity contribution < 1.29 is 14.4 Å². The summed E-state index contributed by atoms with van der Waals surface area (Å²) in [5.41, 5.74) is 6.29. The summed E-state index contributed by atoms with van der Waals surface area (Å²) < 4.78 is 0.880. The van der Waals surface area contributed by atoms with Gasteiger partial charge in [-0.3, -0.25) is 14.4 Å². The fourth-order valence-corrected chi connectivity index (χ4v) is 2.79. The van der Waals surface area contributed by atoms with Crippen LogP contribution in [0.4, 0.5) is 0 Å². The lowest BCUT2D eigenvalue weighted by molar-refractivity contribution is -0.131. The van der Waals surface area contributed by atoms with Crippen LogP contribution in [0.15, 0.2) is 28.7 Å². The van der Waals surface area contributed by atoms with E-state index in [2.05, 4.69) is 26.6 Å². The molecule has 3 amide bonds. The van der Waals surface area contributed by atoms with Crippen molar-refractivity contribution >= 4 is 33.7 Å². The molecule has 0 fully saturated rings. The Kier molecular flexibility index (Phi) is 7.91. The fourth-order valence-electron chi connectivity index (χ4n) is 2.34. The van der Waals surface area contributed by atoms with Gasteiger partial charge in [0.2, 0.25) is 17.7 Å². The number of hydrogen-bond donors (Lipinski definition) is 3. The molecule has 1 aromatic carbocycles. The Morgan fingerprint density at radius 1 is 1.17 bits per heavy atom. The molecular formula is C17H24BrN3O3. The Morgan fingerprint density at radius 2 is 1.83 bits per heavy atom. The second-order valence-electron chi connectivity index (χ2n) is 6.18. The van der Waals surface area contributed by atoms with Gasteiger partial charge in [0.1, 0.15) is 12.1 Å². The van der Waals surface area contributed by atoms with Gasteiger partial charge in [0, 0.05) is 17.8 Å². The molecule has 0 saturated carbocycles. The largest absolute Gasteiger partial charge is 0.368 e. The van der Waals surface area contributed by atoms with E-state index >= 15 is 0 Å². The van der Waals surface area contributed by atoms with E-state index < -0.39 is 23.9 Å². The smallest absolute Gasteiger partial charge is 0.243 e. The standard InChI is InChI=1S/C17H24BrN3O3/c1-10(2)7-15(20-11(3)22)17(24)21-14(16(19)23)9-12-5-4-6-13(18)8-12/h4-6,8,10,14-15H,7,9H2,1-3H3,(H2,19,23)(H,20,22)(H,21,24)/t14-,15-/m0/s1. The number of benzene rings is 1. The molecule has 0 unspecified atom stereocenters. The predicted molar refractivity (Wildman–Crippen MR) is 96.0 cm³/mol. The quantitative estimate of drug-likeness (QED) is 0.619. The summed E-state index contributed by atoms with van der Waals surface area (Å²) in [4.78, 5) is 35.4. The average Bonchev–Trinajstić information content (AvgIpc) is 2.44. The van der Waals surface area contributed by atoms with E-state index in [1.54, 1.807) is 0 Å². The summed E-state index contributed by atoms with van der Waals surface area (Å²) in [5.74, 6) is -1.10. The van der Waals surface area contributed by atoms with Gasteiger partial charge >= 0.3 is 0 Å². The van der Waals surface area contributed by atoms with Crippen molar-refractivity contribution in [2.75, 3.05) is 0 Å². The van der Waals surface area contributed by atoms with Crippen LogP contribution in [-0.4, -0.2) is 29.8 Å². The summed E-state index contributed by atoms with van der Waals surface area (Å²) in [6.07, 6.45) is 0.767. The van der Waals surface area contributed by atoms with Crippen LogP contribution in [0.25, 0.3) is 0 Å². The molecule has 1 aromatic rings. The summed E-state index contributed by atoms with van der Waals surface area (Å²) in [5, 5.41) is 5.27. The molecule has 6 nitrogen and oxygen atoms in total. The lowest BCUT2D eigenvalue weighted by atomic mass is 10.0. The summed E-state index contributed by atoms with van der Waals surface area (Å²) in [6, 6.07) is 5.91. The molecule has 0 radical (unpaired) electrons. The zero-order valence-electron chi connectivity index (χ0n) is 14.1. The number of hydrogen-bond acceptors (Lipinski definition) is 3. The number of amides is 3. The first-order valence-corrected chi connectivity index (χ1v) is 8.59. The minimum absolute atomic E-state index is 0.213. The third kappa shape index (κ3) is 7.12. The molecule has 0 saturated heterocycles. The Bertz CT molecular complexity index is 604. The van der Waals surface area contributed by atoms with Crippen molar-refractivity contribution in [1.82, 2.24) is 10.6 Å².